The van der Waals surface area contributed by atoms with Crippen LogP contribution in [0.1, 0.15) is 41.1 Å². The van der Waals surface area contributed by atoms with E-state index in [1.54, 1.807) is 0 Å². The largest absolute Gasteiger partial charge is 0.378 e. The van der Waals surface area contributed by atoms with Crippen LogP contribution in [0.15, 0.2) is 54.6 Å². The molecule has 2 aromatic carbocycles. The summed E-state index contributed by atoms with van der Waals surface area (Å²) in [6.07, 6.45) is 3.42. The van der Waals surface area contributed by atoms with E-state index in [4.69, 9.17) is 4.74 Å². The van der Waals surface area contributed by atoms with Gasteiger partial charge in [-0.05, 0) is 42.7 Å². The topological polar surface area (TPSA) is 32.8 Å². The van der Waals surface area contributed by atoms with E-state index < -0.39 is 0 Å². The molecule has 142 valence electrons. The Bertz CT molecular complexity index is 739. The predicted octanol–water partition coefficient (Wildman–Crippen LogP) is 3.93. The minimum Gasteiger partial charge on any atom is -0.378 e. The van der Waals surface area contributed by atoms with Gasteiger partial charge in [-0.1, -0.05) is 36.8 Å². The molecule has 4 rings (SSSR count). The molecule has 2 aliphatic rings. The number of morpholine rings is 1. The van der Waals surface area contributed by atoms with Crippen molar-refractivity contribution in [2.45, 2.75) is 25.2 Å². The van der Waals surface area contributed by atoms with Crippen LogP contribution in [0, 0.1) is 0 Å². The summed E-state index contributed by atoms with van der Waals surface area (Å²) < 4.78 is 5.42. The number of hydrogen-bond acceptors (Lipinski definition) is 3. The Kier molecular flexibility index (Phi) is 5.73. The zero-order valence-corrected chi connectivity index (χ0v) is 15.8. The van der Waals surface area contributed by atoms with Crippen LogP contribution in [0.3, 0.4) is 0 Å². The number of benzene rings is 2. The highest BCUT2D eigenvalue weighted by molar-refractivity contribution is 5.94. The van der Waals surface area contributed by atoms with Crippen molar-refractivity contribution < 1.29 is 9.53 Å². The lowest BCUT2D eigenvalue weighted by atomic mass is 9.94. The summed E-state index contributed by atoms with van der Waals surface area (Å²) in [4.78, 5) is 17.5. The number of likely N-dealkylation sites (tertiary alicyclic amines) is 1. The predicted molar refractivity (Wildman–Crippen MR) is 108 cm³/mol. The van der Waals surface area contributed by atoms with Gasteiger partial charge in [-0.3, -0.25) is 4.79 Å². The SMILES string of the molecule is O=C(c1ccc(N2CCOCC2)cc1)N1CCCC[C@H](c2ccccc2)C1. The van der Waals surface area contributed by atoms with Gasteiger partial charge in [0.1, 0.15) is 0 Å². The van der Waals surface area contributed by atoms with Crippen LogP contribution in [0.4, 0.5) is 5.69 Å². The number of amides is 1. The van der Waals surface area contributed by atoms with E-state index in [9.17, 15) is 4.79 Å². The van der Waals surface area contributed by atoms with Crippen LogP contribution in [0.2, 0.25) is 0 Å². The Labute approximate surface area is 161 Å². The van der Waals surface area contributed by atoms with Gasteiger partial charge in [-0.25, -0.2) is 0 Å². The minimum absolute atomic E-state index is 0.159. The van der Waals surface area contributed by atoms with Gasteiger partial charge in [0.2, 0.25) is 0 Å². The highest BCUT2D eigenvalue weighted by Gasteiger charge is 2.24. The number of carbonyl (C=O) groups excluding carboxylic acids is 1. The van der Waals surface area contributed by atoms with Crippen molar-refractivity contribution in [3.63, 3.8) is 0 Å². The second kappa shape index (κ2) is 8.57. The fraction of sp³-hybridized carbons (Fsp3) is 0.435. The van der Waals surface area contributed by atoms with Crippen molar-refractivity contribution in [2.24, 2.45) is 0 Å². The normalized spacial score (nSPS) is 21.0. The maximum absolute atomic E-state index is 13.1. The van der Waals surface area contributed by atoms with Crippen molar-refractivity contribution in [3.8, 4) is 0 Å². The molecule has 4 heteroatoms. The van der Waals surface area contributed by atoms with Gasteiger partial charge in [0.05, 0.1) is 13.2 Å². The molecule has 0 aromatic heterocycles. The third kappa shape index (κ3) is 4.33. The fourth-order valence-corrected chi connectivity index (χ4v) is 4.14. The van der Waals surface area contributed by atoms with Gasteiger partial charge in [-0.15, -0.1) is 0 Å². The molecule has 0 bridgehead atoms. The summed E-state index contributed by atoms with van der Waals surface area (Å²) in [6.45, 7) is 5.04. The van der Waals surface area contributed by atoms with E-state index in [-0.39, 0.29) is 5.91 Å². The quantitative estimate of drug-likeness (QED) is 0.827. The summed E-state index contributed by atoms with van der Waals surface area (Å²) in [5, 5.41) is 0. The van der Waals surface area contributed by atoms with E-state index >= 15 is 0 Å². The molecule has 2 saturated heterocycles. The lowest BCUT2D eigenvalue weighted by Gasteiger charge is -2.29. The molecule has 0 saturated carbocycles. The summed E-state index contributed by atoms with van der Waals surface area (Å²) >= 11 is 0. The second-order valence-electron chi connectivity index (χ2n) is 7.50. The lowest BCUT2D eigenvalue weighted by molar-refractivity contribution is 0.0754. The molecular formula is C23H28N2O2. The summed E-state index contributed by atoms with van der Waals surface area (Å²) in [5.74, 6) is 0.594. The van der Waals surface area contributed by atoms with Crippen LogP contribution >= 0.6 is 0 Å². The molecule has 1 atom stereocenters. The number of nitrogens with zero attached hydrogens (tertiary/aromatic N) is 2. The molecule has 2 fully saturated rings. The maximum Gasteiger partial charge on any atom is 0.253 e. The van der Waals surface area contributed by atoms with Crippen LogP contribution in [-0.4, -0.2) is 50.2 Å². The highest BCUT2D eigenvalue weighted by Crippen LogP contribution is 2.27. The lowest BCUT2D eigenvalue weighted by Crippen LogP contribution is -2.36. The first-order chi connectivity index (χ1) is 13.3. The molecule has 0 aliphatic carbocycles. The van der Waals surface area contributed by atoms with Crippen LogP contribution in [0.25, 0.3) is 0 Å². The molecular weight excluding hydrogens is 336 g/mol. The standard InChI is InChI=1S/C23H28N2O2/c26-23(20-9-11-22(12-10-20)24-14-16-27-17-15-24)25-13-5-4-8-21(18-25)19-6-2-1-3-7-19/h1-3,6-7,9-12,21H,4-5,8,13-18H2/t21-/m0/s1. The second-order valence-corrected chi connectivity index (χ2v) is 7.50. The fourth-order valence-electron chi connectivity index (χ4n) is 4.14. The average Bonchev–Trinajstić information content (AvgIpc) is 3.01. The zero-order chi connectivity index (χ0) is 18.5. The number of carbonyl (C=O) groups is 1. The van der Waals surface area contributed by atoms with Gasteiger partial charge in [-0.2, -0.15) is 0 Å². The molecule has 0 radical (unpaired) electrons. The molecule has 27 heavy (non-hydrogen) atoms. The molecule has 1 amide bonds. The molecule has 2 aliphatic heterocycles. The number of anilines is 1. The van der Waals surface area contributed by atoms with Gasteiger partial charge in [0.25, 0.3) is 5.91 Å². The average molecular weight is 364 g/mol. The first kappa shape index (κ1) is 18.1. The molecule has 2 aromatic rings. The Morgan fingerprint density at radius 1 is 0.889 bits per heavy atom. The Balaban J connectivity index is 1.46. The summed E-state index contributed by atoms with van der Waals surface area (Å²) in [7, 11) is 0. The molecule has 0 spiro atoms. The van der Waals surface area contributed by atoms with Crippen molar-refractivity contribution in [1.29, 1.82) is 0 Å². The van der Waals surface area contributed by atoms with Crippen LogP contribution in [-0.2, 0) is 4.74 Å². The monoisotopic (exact) mass is 364 g/mol. The van der Waals surface area contributed by atoms with Crippen molar-refractivity contribution in [3.05, 3.63) is 65.7 Å². The Morgan fingerprint density at radius 2 is 1.63 bits per heavy atom. The van der Waals surface area contributed by atoms with Crippen molar-refractivity contribution in [2.75, 3.05) is 44.3 Å². The van der Waals surface area contributed by atoms with E-state index in [0.717, 1.165) is 57.8 Å². The summed E-state index contributed by atoms with van der Waals surface area (Å²) in [5.41, 5.74) is 3.31. The van der Waals surface area contributed by atoms with E-state index in [1.165, 1.54) is 17.7 Å². The zero-order valence-electron chi connectivity index (χ0n) is 15.8. The molecule has 2 heterocycles. The van der Waals surface area contributed by atoms with E-state index in [2.05, 4.69) is 52.3 Å². The molecule has 0 unspecified atom stereocenters. The third-order valence-corrected chi connectivity index (χ3v) is 5.72. The van der Waals surface area contributed by atoms with Gasteiger partial charge >= 0.3 is 0 Å². The van der Waals surface area contributed by atoms with Crippen molar-refractivity contribution >= 4 is 11.6 Å². The van der Waals surface area contributed by atoms with Crippen molar-refractivity contribution in [1.82, 2.24) is 4.90 Å². The third-order valence-electron chi connectivity index (χ3n) is 5.72. The molecule has 0 N–H and O–H groups in total. The van der Waals surface area contributed by atoms with E-state index in [1.807, 2.05) is 12.1 Å². The van der Waals surface area contributed by atoms with Gasteiger partial charge < -0.3 is 14.5 Å². The number of ether oxygens (including phenoxy) is 1. The highest BCUT2D eigenvalue weighted by atomic mass is 16.5. The summed E-state index contributed by atoms with van der Waals surface area (Å²) in [6, 6.07) is 18.7. The van der Waals surface area contributed by atoms with E-state index in [0.29, 0.717) is 5.92 Å². The molecule has 4 nitrogen and oxygen atoms in total. The first-order valence-electron chi connectivity index (χ1n) is 10.1. The smallest absolute Gasteiger partial charge is 0.253 e. The maximum atomic E-state index is 13.1. The number of rotatable bonds is 3. The Hall–Kier alpha value is -2.33. The Morgan fingerprint density at radius 3 is 2.37 bits per heavy atom. The minimum atomic E-state index is 0.159. The van der Waals surface area contributed by atoms with Crippen LogP contribution in [0.5, 0.6) is 0 Å². The van der Waals surface area contributed by atoms with Crippen LogP contribution < -0.4 is 4.90 Å². The first-order valence-corrected chi connectivity index (χ1v) is 10.1. The number of hydrogen-bond donors (Lipinski definition) is 0. The van der Waals surface area contributed by atoms with Gasteiger partial charge in [0.15, 0.2) is 0 Å². The van der Waals surface area contributed by atoms with Gasteiger partial charge in [0, 0.05) is 43.3 Å².